The quantitative estimate of drug-likeness (QED) is 0.768. The highest BCUT2D eigenvalue weighted by Gasteiger charge is 2.35. The first-order chi connectivity index (χ1) is 14.8. The predicted molar refractivity (Wildman–Crippen MR) is 120 cm³/mol. The fraction of sp³-hybridized carbons (Fsp3) is 0.542. The summed E-state index contributed by atoms with van der Waals surface area (Å²) in [4.78, 5) is 23.5. The zero-order valence-electron chi connectivity index (χ0n) is 18.6. The van der Waals surface area contributed by atoms with E-state index in [4.69, 9.17) is 15.2 Å². The number of nitrogens with two attached hydrogens (primary N) is 1. The van der Waals surface area contributed by atoms with Crippen molar-refractivity contribution in [1.29, 1.82) is 0 Å². The minimum absolute atomic E-state index is 0.00520. The van der Waals surface area contributed by atoms with Gasteiger partial charge in [0.05, 0.1) is 24.1 Å². The van der Waals surface area contributed by atoms with Crippen molar-refractivity contribution < 1.29 is 14.3 Å². The number of rotatable bonds is 3. The molecule has 0 unspecified atom stereocenters. The molecule has 7 nitrogen and oxygen atoms in total. The molecule has 2 fully saturated rings. The topological polar surface area (TPSA) is 90.6 Å². The normalized spacial score (nSPS) is 20.1. The first kappa shape index (κ1) is 21.6. The van der Waals surface area contributed by atoms with E-state index >= 15 is 0 Å². The number of hydrogen-bond donors (Lipinski definition) is 1. The number of benzene rings is 1. The molecule has 3 heterocycles. The van der Waals surface area contributed by atoms with Gasteiger partial charge in [0.25, 0.3) is 0 Å². The lowest BCUT2D eigenvalue weighted by Crippen LogP contribution is -2.36. The van der Waals surface area contributed by atoms with Crippen molar-refractivity contribution in [2.45, 2.75) is 64.0 Å². The zero-order chi connectivity index (χ0) is 22.0. The Labute approximate surface area is 184 Å². The second kappa shape index (κ2) is 8.83. The fourth-order valence-corrected chi connectivity index (χ4v) is 4.52. The van der Waals surface area contributed by atoms with Gasteiger partial charge in [-0.3, -0.25) is 4.98 Å². The van der Waals surface area contributed by atoms with E-state index in [1.807, 2.05) is 25.7 Å². The van der Waals surface area contributed by atoms with Crippen molar-refractivity contribution in [2.75, 3.05) is 25.5 Å². The van der Waals surface area contributed by atoms with Gasteiger partial charge in [0, 0.05) is 25.3 Å². The maximum Gasteiger partial charge on any atom is 0.410 e. The lowest BCUT2D eigenvalue weighted by Gasteiger charge is -2.32. The van der Waals surface area contributed by atoms with Gasteiger partial charge >= 0.3 is 6.09 Å². The minimum atomic E-state index is -0.519. The summed E-state index contributed by atoms with van der Waals surface area (Å²) in [7, 11) is 0. The number of carbonyl (C=O) groups is 1. The van der Waals surface area contributed by atoms with Gasteiger partial charge in [-0.15, -0.1) is 0 Å². The summed E-state index contributed by atoms with van der Waals surface area (Å²) >= 11 is 0. The molecule has 4 rings (SSSR count). The average molecular weight is 425 g/mol. The maximum absolute atomic E-state index is 13.0. The zero-order valence-corrected chi connectivity index (χ0v) is 18.6. The lowest BCUT2D eigenvalue weighted by atomic mass is 9.84. The van der Waals surface area contributed by atoms with Gasteiger partial charge in [-0.25, -0.2) is 9.78 Å². The van der Waals surface area contributed by atoms with Crippen LogP contribution in [0.1, 0.15) is 69.5 Å². The Bertz CT molecular complexity index is 917. The summed E-state index contributed by atoms with van der Waals surface area (Å²) < 4.78 is 11.3. The highest BCUT2D eigenvalue weighted by atomic mass is 16.6. The van der Waals surface area contributed by atoms with Gasteiger partial charge in [0.15, 0.2) is 0 Å². The Morgan fingerprint density at radius 3 is 2.58 bits per heavy atom. The maximum atomic E-state index is 13.0. The molecule has 1 atom stereocenters. The highest BCUT2D eigenvalue weighted by Crippen LogP contribution is 2.41. The molecule has 31 heavy (non-hydrogen) atoms. The first-order valence-corrected chi connectivity index (χ1v) is 11.1. The van der Waals surface area contributed by atoms with Crippen LogP contribution in [0.15, 0.2) is 30.6 Å². The van der Waals surface area contributed by atoms with E-state index in [1.54, 1.807) is 12.4 Å². The molecule has 2 N–H and O–H groups in total. The van der Waals surface area contributed by atoms with E-state index in [0.717, 1.165) is 50.2 Å². The molecular formula is C24H32N4O3. The summed E-state index contributed by atoms with van der Waals surface area (Å²) in [5, 5.41) is 0. The van der Waals surface area contributed by atoms with Crippen LogP contribution in [0.5, 0.6) is 0 Å². The van der Waals surface area contributed by atoms with Crippen LogP contribution in [0, 0.1) is 0 Å². The van der Waals surface area contributed by atoms with Crippen LogP contribution >= 0.6 is 0 Å². The molecular weight excluding hydrogens is 392 g/mol. The van der Waals surface area contributed by atoms with E-state index in [2.05, 4.69) is 28.2 Å². The van der Waals surface area contributed by atoms with Crippen LogP contribution in [-0.4, -0.2) is 46.3 Å². The van der Waals surface area contributed by atoms with Crippen LogP contribution in [0.3, 0.4) is 0 Å². The lowest BCUT2D eigenvalue weighted by molar-refractivity contribution is 0.0222. The SMILES string of the molecule is CC(C)(C)OC(=O)N1CCC[C@H]1c1cc(-c2cnc(N)cn2)ccc1C1CCOCC1. The van der Waals surface area contributed by atoms with Crippen LogP contribution in [-0.2, 0) is 9.47 Å². The van der Waals surface area contributed by atoms with Crippen LogP contribution in [0.2, 0.25) is 0 Å². The molecule has 7 heteroatoms. The molecule has 2 aliphatic heterocycles. The molecule has 2 aromatic rings. The first-order valence-electron chi connectivity index (χ1n) is 11.1. The van der Waals surface area contributed by atoms with Gasteiger partial charge in [-0.2, -0.15) is 0 Å². The molecule has 1 amide bonds. The van der Waals surface area contributed by atoms with Crippen LogP contribution < -0.4 is 5.73 Å². The van der Waals surface area contributed by atoms with E-state index in [-0.39, 0.29) is 12.1 Å². The summed E-state index contributed by atoms with van der Waals surface area (Å²) in [6.45, 7) is 7.97. The average Bonchev–Trinajstić information content (AvgIpc) is 3.23. The number of anilines is 1. The number of hydrogen-bond acceptors (Lipinski definition) is 6. The molecule has 0 bridgehead atoms. The highest BCUT2D eigenvalue weighted by molar-refractivity contribution is 5.70. The summed E-state index contributed by atoms with van der Waals surface area (Å²) in [6.07, 6.45) is 6.90. The van der Waals surface area contributed by atoms with E-state index < -0.39 is 5.60 Å². The molecule has 2 saturated heterocycles. The molecule has 0 aliphatic carbocycles. The van der Waals surface area contributed by atoms with Crippen molar-refractivity contribution >= 4 is 11.9 Å². The number of aromatic nitrogens is 2. The molecule has 0 spiro atoms. The van der Waals surface area contributed by atoms with Crippen molar-refractivity contribution in [3.63, 3.8) is 0 Å². The van der Waals surface area contributed by atoms with E-state index in [1.165, 1.54) is 11.1 Å². The Morgan fingerprint density at radius 1 is 1.13 bits per heavy atom. The second-order valence-electron chi connectivity index (χ2n) is 9.39. The van der Waals surface area contributed by atoms with Crippen molar-refractivity contribution in [2.24, 2.45) is 0 Å². The number of nitrogen functional groups attached to an aromatic ring is 1. The third-order valence-electron chi connectivity index (χ3n) is 5.96. The predicted octanol–water partition coefficient (Wildman–Crippen LogP) is 4.69. The van der Waals surface area contributed by atoms with Crippen molar-refractivity contribution in [1.82, 2.24) is 14.9 Å². The van der Waals surface area contributed by atoms with Crippen LogP contribution in [0.25, 0.3) is 11.3 Å². The smallest absolute Gasteiger partial charge is 0.410 e. The minimum Gasteiger partial charge on any atom is -0.444 e. The van der Waals surface area contributed by atoms with Crippen LogP contribution in [0.4, 0.5) is 10.6 Å². The van der Waals surface area contributed by atoms with Gasteiger partial charge in [0.1, 0.15) is 11.4 Å². The Kier molecular flexibility index (Phi) is 6.14. The third kappa shape index (κ3) is 4.98. The molecule has 166 valence electrons. The summed E-state index contributed by atoms with van der Waals surface area (Å²) in [6, 6.07) is 6.47. The monoisotopic (exact) mass is 424 g/mol. The molecule has 1 aromatic heterocycles. The summed E-state index contributed by atoms with van der Waals surface area (Å²) in [5.74, 6) is 0.825. The molecule has 1 aromatic carbocycles. The van der Waals surface area contributed by atoms with E-state index in [9.17, 15) is 4.79 Å². The number of likely N-dealkylation sites (tertiary alicyclic amines) is 1. The Morgan fingerprint density at radius 2 is 1.90 bits per heavy atom. The van der Waals surface area contributed by atoms with Gasteiger partial charge in [0.2, 0.25) is 0 Å². The van der Waals surface area contributed by atoms with Gasteiger partial charge < -0.3 is 20.1 Å². The molecule has 0 radical (unpaired) electrons. The van der Waals surface area contributed by atoms with E-state index in [0.29, 0.717) is 18.3 Å². The van der Waals surface area contributed by atoms with Crippen molar-refractivity contribution in [3.05, 3.63) is 41.7 Å². The van der Waals surface area contributed by atoms with Gasteiger partial charge in [-0.05, 0) is 69.6 Å². The summed E-state index contributed by atoms with van der Waals surface area (Å²) in [5.41, 5.74) is 9.44. The third-order valence-corrected chi connectivity index (χ3v) is 5.96. The molecule has 2 aliphatic rings. The fourth-order valence-electron chi connectivity index (χ4n) is 4.52. The Hall–Kier alpha value is -2.67. The van der Waals surface area contributed by atoms with Gasteiger partial charge in [-0.1, -0.05) is 12.1 Å². The standard InChI is InChI=1S/C24H32N4O3/c1-24(2,3)31-23(29)28-10-4-5-21(28)19-13-17(20-14-27-22(25)15-26-20)6-7-18(19)16-8-11-30-12-9-16/h6-7,13-16,21H,4-5,8-12H2,1-3H3,(H2,25,27)/t21-/m0/s1. The number of amides is 1. The second-order valence-corrected chi connectivity index (χ2v) is 9.39. The Balaban J connectivity index is 1.72. The number of nitrogens with zero attached hydrogens (tertiary/aromatic N) is 3. The largest absolute Gasteiger partial charge is 0.444 e. The number of ether oxygens (including phenoxy) is 2. The number of carbonyl (C=O) groups excluding carboxylic acids is 1. The molecule has 0 saturated carbocycles. The van der Waals surface area contributed by atoms with Crippen molar-refractivity contribution in [3.8, 4) is 11.3 Å².